The van der Waals surface area contributed by atoms with E-state index in [4.69, 9.17) is 4.84 Å². The van der Waals surface area contributed by atoms with Crippen LogP contribution in [0.2, 0.25) is 0 Å². The zero-order valence-corrected chi connectivity index (χ0v) is 8.11. The molecule has 5 heteroatoms. The van der Waals surface area contributed by atoms with Crippen LogP contribution in [0.3, 0.4) is 0 Å². The molecule has 0 aromatic carbocycles. The van der Waals surface area contributed by atoms with Crippen molar-refractivity contribution in [2.75, 3.05) is 27.2 Å². The third kappa shape index (κ3) is 1.98. The molecule has 1 aliphatic rings. The topological polar surface area (TPSA) is 49.9 Å². The summed E-state index contributed by atoms with van der Waals surface area (Å²) in [5.41, 5.74) is 0. The number of likely N-dealkylation sites (tertiary alicyclic amines) is 1. The van der Waals surface area contributed by atoms with E-state index >= 15 is 0 Å². The lowest BCUT2D eigenvalue weighted by atomic mass is 9.99. The first kappa shape index (κ1) is 9.98. The molecular weight excluding hydrogens is 172 g/mol. The smallest absolute Gasteiger partial charge is 0.252 e. The van der Waals surface area contributed by atoms with Crippen molar-refractivity contribution in [3.8, 4) is 0 Å². The van der Waals surface area contributed by atoms with Gasteiger partial charge in [-0.25, -0.2) is 5.06 Å². The molecule has 0 aliphatic carbocycles. The third-order valence-electron chi connectivity index (χ3n) is 2.26. The third-order valence-corrected chi connectivity index (χ3v) is 2.26. The maximum atomic E-state index is 11.4. The number of hydrogen-bond acceptors (Lipinski definition) is 3. The zero-order valence-electron chi connectivity index (χ0n) is 8.11. The SMILES string of the molecule is CON(C)C(=O)C1CN(C(C)=O)C1. The maximum absolute atomic E-state index is 11.4. The predicted octanol–water partition coefficient (Wildman–Crippen LogP) is -0.516. The van der Waals surface area contributed by atoms with Crippen LogP contribution < -0.4 is 0 Å². The van der Waals surface area contributed by atoms with Gasteiger partial charge in [-0.15, -0.1) is 0 Å². The first-order chi connectivity index (χ1) is 6.06. The summed E-state index contributed by atoms with van der Waals surface area (Å²) in [6.45, 7) is 2.53. The van der Waals surface area contributed by atoms with Crippen LogP contribution in [0.4, 0.5) is 0 Å². The van der Waals surface area contributed by atoms with Gasteiger partial charge in [0.05, 0.1) is 13.0 Å². The molecule has 0 N–H and O–H groups in total. The highest BCUT2D eigenvalue weighted by molar-refractivity contribution is 5.82. The van der Waals surface area contributed by atoms with Gasteiger partial charge in [0.15, 0.2) is 0 Å². The minimum Gasteiger partial charge on any atom is -0.341 e. The van der Waals surface area contributed by atoms with Crippen LogP contribution in [0.15, 0.2) is 0 Å². The van der Waals surface area contributed by atoms with E-state index in [1.807, 2.05) is 0 Å². The molecule has 2 amide bonds. The summed E-state index contributed by atoms with van der Waals surface area (Å²) in [6, 6.07) is 0. The van der Waals surface area contributed by atoms with Crippen molar-refractivity contribution in [3.63, 3.8) is 0 Å². The molecule has 0 atom stereocenters. The van der Waals surface area contributed by atoms with Crippen molar-refractivity contribution < 1.29 is 14.4 Å². The summed E-state index contributed by atoms with van der Waals surface area (Å²) in [6.07, 6.45) is 0. The van der Waals surface area contributed by atoms with Crippen molar-refractivity contribution >= 4 is 11.8 Å². The summed E-state index contributed by atoms with van der Waals surface area (Å²) < 4.78 is 0. The van der Waals surface area contributed by atoms with Gasteiger partial charge in [-0.1, -0.05) is 0 Å². The molecule has 1 heterocycles. The molecule has 5 nitrogen and oxygen atoms in total. The van der Waals surface area contributed by atoms with E-state index in [0.717, 1.165) is 0 Å². The van der Waals surface area contributed by atoms with Crippen LogP contribution in [0.25, 0.3) is 0 Å². The van der Waals surface area contributed by atoms with Crippen LogP contribution in [-0.4, -0.2) is 49.0 Å². The lowest BCUT2D eigenvalue weighted by Gasteiger charge is -2.38. The molecule has 0 spiro atoms. The average Bonchev–Trinajstić information content (AvgIpc) is 1.99. The highest BCUT2D eigenvalue weighted by atomic mass is 16.7. The number of rotatable bonds is 2. The lowest BCUT2D eigenvalue weighted by Crippen LogP contribution is -2.55. The molecule has 0 aromatic rings. The Hall–Kier alpha value is -1.10. The number of hydrogen-bond donors (Lipinski definition) is 0. The van der Waals surface area contributed by atoms with Crippen molar-refractivity contribution in [1.29, 1.82) is 0 Å². The van der Waals surface area contributed by atoms with Gasteiger partial charge in [0.25, 0.3) is 5.91 Å². The fraction of sp³-hybridized carbons (Fsp3) is 0.750. The van der Waals surface area contributed by atoms with Crippen LogP contribution in [0.5, 0.6) is 0 Å². The van der Waals surface area contributed by atoms with Gasteiger partial charge in [0.2, 0.25) is 5.91 Å². The fourth-order valence-electron chi connectivity index (χ4n) is 1.24. The Balaban J connectivity index is 2.35. The second-order valence-corrected chi connectivity index (χ2v) is 3.14. The van der Waals surface area contributed by atoms with Crippen molar-refractivity contribution in [3.05, 3.63) is 0 Å². The normalized spacial score (nSPS) is 16.7. The first-order valence-corrected chi connectivity index (χ1v) is 4.13. The van der Waals surface area contributed by atoms with Gasteiger partial charge in [-0.3, -0.25) is 14.4 Å². The van der Waals surface area contributed by atoms with E-state index in [9.17, 15) is 9.59 Å². The van der Waals surface area contributed by atoms with Gasteiger partial charge >= 0.3 is 0 Å². The number of carbonyl (C=O) groups is 2. The van der Waals surface area contributed by atoms with Gasteiger partial charge < -0.3 is 4.90 Å². The second-order valence-electron chi connectivity index (χ2n) is 3.14. The minimum atomic E-state index is -0.0890. The lowest BCUT2D eigenvalue weighted by molar-refractivity contribution is -0.179. The molecule has 13 heavy (non-hydrogen) atoms. The predicted molar refractivity (Wildman–Crippen MR) is 45.5 cm³/mol. The molecule has 1 rings (SSSR count). The van der Waals surface area contributed by atoms with Crippen molar-refractivity contribution in [2.24, 2.45) is 5.92 Å². The van der Waals surface area contributed by atoms with Crippen LogP contribution in [0.1, 0.15) is 6.92 Å². The number of amides is 2. The molecule has 1 fully saturated rings. The Morgan fingerprint density at radius 1 is 1.46 bits per heavy atom. The molecule has 0 radical (unpaired) electrons. The standard InChI is InChI=1S/C8H14N2O3/c1-6(11)10-4-7(5-10)8(12)9(2)13-3/h7H,4-5H2,1-3H3. The number of nitrogens with zero attached hydrogens (tertiary/aromatic N) is 2. The zero-order chi connectivity index (χ0) is 10.0. The molecule has 0 unspecified atom stereocenters. The largest absolute Gasteiger partial charge is 0.341 e. The Morgan fingerprint density at radius 2 is 2.00 bits per heavy atom. The Kier molecular flexibility index (Phi) is 2.87. The Labute approximate surface area is 77.2 Å². The highest BCUT2D eigenvalue weighted by Crippen LogP contribution is 2.17. The molecule has 74 valence electrons. The average molecular weight is 186 g/mol. The van der Waals surface area contributed by atoms with Crippen LogP contribution >= 0.6 is 0 Å². The van der Waals surface area contributed by atoms with Gasteiger partial charge in [-0.2, -0.15) is 0 Å². The number of hydroxylamine groups is 2. The maximum Gasteiger partial charge on any atom is 0.252 e. The molecular formula is C8H14N2O3. The van der Waals surface area contributed by atoms with Crippen molar-refractivity contribution in [2.45, 2.75) is 6.92 Å². The molecule has 0 saturated carbocycles. The summed E-state index contributed by atoms with van der Waals surface area (Å²) in [5, 5.41) is 1.20. The van der Waals surface area contributed by atoms with E-state index in [2.05, 4.69) is 0 Å². The van der Waals surface area contributed by atoms with E-state index in [1.165, 1.54) is 19.1 Å². The summed E-state index contributed by atoms with van der Waals surface area (Å²) in [7, 11) is 3.01. The summed E-state index contributed by atoms with van der Waals surface area (Å²) in [5.74, 6) is -0.141. The van der Waals surface area contributed by atoms with Gasteiger partial charge in [-0.05, 0) is 0 Å². The Bertz CT molecular complexity index is 223. The van der Waals surface area contributed by atoms with Crippen LogP contribution in [-0.2, 0) is 14.4 Å². The fourth-order valence-corrected chi connectivity index (χ4v) is 1.24. The van der Waals surface area contributed by atoms with Gasteiger partial charge in [0, 0.05) is 27.1 Å². The van der Waals surface area contributed by atoms with E-state index in [-0.39, 0.29) is 17.7 Å². The monoisotopic (exact) mass is 186 g/mol. The second kappa shape index (κ2) is 3.74. The molecule has 1 saturated heterocycles. The Morgan fingerprint density at radius 3 is 2.38 bits per heavy atom. The molecule has 1 aliphatic heterocycles. The minimum absolute atomic E-state index is 0.0177. The highest BCUT2D eigenvalue weighted by Gasteiger charge is 2.35. The van der Waals surface area contributed by atoms with E-state index in [1.54, 1.807) is 11.9 Å². The first-order valence-electron chi connectivity index (χ1n) is 4.13. The van der Waals surface area contributed by atoms with Gasteiger partial charge in [0.1, 0.15) is 0 Å². The van der Waals surface area contributed by atoms with E-state index in [0.29, 0.717) is 13.1 Å². The van der Waals surface area contributed by atoms with E-state index < -0.39 is 0 Å². The quantitative estimate of drug-likeness (QED) is 0.545. The van der Waals surface area contributed by atoms with Crippen LogP contribution in [0, 0.1) is 5.92 Å². The molecule has 0 bridgehead atoms. The summed E-state index contributed by atoms with van der Waals surface area (Å²) >= 11 is 0. The number of carbonyl (C=O) groups excluding carboxylic acids is 2. The summed E-state index contributed by atoms with van der Waals surface area (Å²) in [4.78, 5) is 28.6. The molecule has 0 aromatic heterocycles. The van der Waals surface area contributed by atoms with Crippen molar-refractivity contribution in [1.82, 2.24) is 9.96 Å².